The van der Waals surface area contributed by atoms with Crippen LogP contribution in [0.2, 0.25) is 0 Å². The number of aromatic nitrogens is 1. The zero-order valence-corrected chi connectivity index (χ0v) is 18.1. The van der Waals surface area contributed by atoms with Gasteiger partial charge in [0.1, 0.15) is 6.73 Å². The molecule has 0 bridgehead atoms. The molecule has 0 atom stereocenters. The van der Waals surface area contributed by atoms with Crippen LogP contribution in [0.5, 0.6) is 0 Å². The minimum atomic E-state index is -0.497. The summed E-state index contributed by atoms with van der Waals surface area (Å²) >= 11 is 0. The lowest BCUT2D eigenvalue weighted by Gasteiger charge is -2.09. The predicted molar refractivity (Wildman–Crippen MR) is 120 cm³/mol. The highest BCUT2D eigenvalue weighted by atomic mass is 16.7. The number of non-ortho nitro benzene ring substituents is 1. The average Bonchev–Trinajstić information content (AvgIpc) is 3.06. The van der Waals surface area contributed by atoms with E-state index in [9.17, 15) is 14.9 Å². The van der Waals surface area contributed by atoms with Crippen LogP contribution in [0.25, 0.3) is 21.8 Å². The first-order chi connectivity index (χ1) is 14.9. The van der Waals surface area contributed by atoms with Crippen molar-refractivity contribution in [2.24, 2.45) is 5.16 Å². The number of oxime groups is 1. The number of benzene rings is 2. The largest absolute Gasteiger partial charge is 0.361 e. The highest BCUT2D eigenvalue weighted by molar-refractivity contribution is 6.12. The van der Waals surface area contributed by atoms with Crippen molar-refractivity contribution in [2.75, 3.05) is 6.61 Å². The van der Waals surface area contributed by atoms with E-state index in [0.29, 0.717) is 19.0 Å². The van der Waals surface area contributed by atoms with Gasteiger partial charge in [0.2, 0.25) is 0 Å². The summed E-state index contributed by atoms with van der Waals surface area (Å²) in [4.78, 5) is 26.7. The number of ether oxygens (including phenoxy) is 1. The lowest BCUT2D eigenvalue weighted by atomic mass is 10.1. The van der Waals surface area contributed by atoms with Gasteiger partial charge >= 0.3 is 5.97 Å². The summed E-state index contributed by atoms with van der Waals surface area (Å²) in [5, 5.41) is 16.8. The number of nitro groups is 1. The van der Waals surface area contributed by atoms with Gasteiger partial charge in [-0.15, -0.1) is 0 Å². The molecule has 0 fully saturated rings. The molecule has 0 saturated heterocycles. The standard InChI is InChI=1S/C23H27N3O5/c1-4-5-6-7-12-30-15-25-22-10-8-18(16(2)24-31-17(3)27)13-20(22)21-14-19(26(28)29)9-11-23(21)25/h8-11,13-14H,4-7,12,15H2,1-3H3/b24-16+. The molecule has 1 heterocycles. The molecule has 0 aliphatic carbocycles. The number of nitrogens with zero attached hydrogens (tertiary/aromatic N) is 3. The average molecular weight is 425 g/mol. The van der Waals surface area contributed by atoms with E-state index in [1.807, 2.05) is 22.8 Å². The van der Waals surface area contributed by atoms with Gasteiger partial charge in [-0.1, -0.05) is 37.4 Å². The molecule has 0 saturated carbocycles. The van der Waals surface area contributed by atoms with Crippen molar-refractivity contribution in [3.63, 3.8) is 0 Å². The fourth-order valence-electron chi connectivity index (χ4n) is 3.54. The van der Waals surface area contributed by atoms with E-state index in [1.165, 1.54) is 25.8 Å². The van der Waals surface area contributed by atoms with E-state index in [1.54, 1.807) is 19.1 Å². The van der Waals surface area contributed by atoms with Crippen molar-refractivity contribution in [1.29, 1.82) is 0 Å². The first kappa shape index (κ1) is 22.4. The van der Waals surface area contributed by atoms with E-state index in [2.05, 4.69) is 12.1 Å². The zero-order chi connectivity index (χ0) is 22.4. The number of fused-ring (bicyclic) bond motifs is 3. The molecule has 3 rings (SSSR count). The van der Waals surface area contributed by atoms with Gasteiger partial charge in [-0.2, -0.15) is 0 Å². The van der Waals surface area contributed by atoms with Crippen LogP contribution in [0.15, 0.2) is 41.6 Å². The van der Waals surface area contributed by atoms with Crippen LogP contribution in [0, 0.1) is 10.1 Å². The van der Waals surface area contributed by atoms with Gasteiger partial charge in [0.25, 0.3) is 5.69 Å². The van der Waals surface area contributed by atoms with Crippen LogP contribution in [0.1, 0.15) is 52.0 Å². The molecule has 0 N–H and O–H groups in total. The molecule has 164 valence electrons. The summed E-state index contributed by atoms with van der Waals surface area (Å²) in [6, 6.07) is 10.6. The molecule has 8 nitrogen and oxygen atoms in total. The van der Waals surface area contributed by atoms with Gasteiger partial charge in [0.15, 0.2) is 0 Å². The first-order valence-corrected chi connectivity index (χ1v) is 10.4. The molecule has 0 spiro atoms. The molecule has 8 heteroatoms. The van der Waals surface area contributed by atoms with E-state index in [-0.39, 0.29) is 5.69 Å². The zero-order valence-electron chi connectivity index (χ0n) is 18.1. The number of hydrogen-bond acceptors (Lipinski definition) is 6. The Labute approximate surface area is 180 Å². The summed E-state index contributed by atoms with van der Waals surface area (Å²) in [6.45, 7) is 6.23. The topological polar surface area (TPSA) is 96.0 Å². The number of hydrogen-bond donors (Lipinski definition) is 0. The quantitative estimate of drug-likeness (QED) is 0.140. The Kier molecular flexibility index (Phi) is 7.36. The minimum Gasteiger partial charge on any atom is -0.361 e. The van der Waals surface area contributed by atoms with Gasteiger partial charge < -0.3 is 14.1 Å². The van der Waals surface area contributed by atoms with Crippen LogP contribution < -0.4 is 0 Å². The Balaban J connectivity index is 2.00. The molecule has 0 unspecified atom stereocenters. The number of carbonyl (C=O) groups is 1. The van der Waals surface area contributed by atoms with Crippen LogP contribution >= 0.6 is 0 Å². The van der Waals surface area contributed by atoms with E-state index >= 15 is 0 Å². The van der Waals surface area contributed by atoms with Gasteiger partial charge in [0.05, 0.1) is 21.7 Å². The molecule has 0 aliphatic heterocycles. The molecular weight excluding hydrogens is 398 g/mol. The fraction of sp³-hybridized carbons (Fsp3) is 0.391. The number of rotatable bonds is 10. The Morgan fingerprint density at radius 3 is 2.45 bits per heavy atom. The van der Waals surface area contributed by atoms with Crippen LogP contribution in [0.4, 0.5) is 5.69 Å². The number of carbonyl (C=O) groups excluding carboxylic acids is 1. The Morgan fingerprint density at radius 2 is 1.77 bits per heavy atom. The molecular formula is C23H27N3O5. The second kappa shape index (κ2) is 10.2. The van der Waals surface area contributed by atoms with Gasteiger partial charge in [-0.25, -0.2) is 4.79 Å². The Hall–Kier alpha value is -3.26. The Bertz CT molecular complexity index is 1130. The Morgan fingerprint density at radius 1 is 1.06 bits per heavy atom. The summed E-state index contributed by atoms with van der Waals surface area (Å²) in [5.41, 5.74) is 3.10. The maximum Gasteiger partial charge on any atom is 0.331 e. The van der Waals surface area contributed by atoms with Crippen molar-refractivity contribution in [3.8, 4) is 0 Å². The highest BCUT2D eigenvalue weighted by Gasteiger charge is 2.16. The van der Waals surface area contributed by atoms with Crippen LogP contribution in [-0.2, 0) is 21.1 Å². The van der Waals surface area contributed by atoms with E-state index in [4.69, 9.17) is 9.57 Å². The number of nitro benzene ring substituents is 1. The summed E-state index contributed by atoms with van der Waals surface area (Å²) < 4.78 is 7.93. The lowest BCUT2D eigenvalue weighted by Crippen LogP contribution is -2.04. The van der Waals surface area contributed by atoms with E-state index < -0.39 is 10.9 Å². The third-order valence-corrected chi connectivity index (χ3v) is 5.15. The first-order valence-electron chi connectivity index (χ1n) is 10.4. The van der Waals surface area contributed by atoms with Crippen molar-refractivity contribution in [2.45, 2.75) is 53.2 Å². The second-order valence-corrected chi connectivity index (χ2v) is 7.48. The maximum atomic E-state index is 11.3. The van der Waals surface area contributed by atoms with Crippen molar-refractivity contribution in [1.82, 2.24) is 4.57 Å². The molecule has 2 aromatic carbocycles. The van der Waals surface area contributed by atoms with Crippen molar-refractivity contribution >= 4 is 39.2 Å². The smallest absolute Gasteiger partial charge is 0.331 e. The predicted octanol–water partition coefficient (Wildman–Crippen LogP) is 5.54. The molecule has 31 heavy (non-hydrogen) atoms. The summed E-state index contributed by atoms with van der Waals surface area (Å²) in [6.07, 6.45) is 4.51. The van der Waals surface area contributed by atoms with Gasteiger partial charge in [-0.05, 0) is 37.1 Å². The third kappa shape index (κ3) is 5.27. The molecule has 0 aliphatic rings. The van der Waals surface area contributed by atoms with Crippen molar-refractivity contribution < 1.29 is 19.3 Å². The van der Waals surface area contributed by atoms with Crippen molar-refractivity contribution in [3.05, 3.63) is 52.1 Å². The molecule has 1 aromatic heterocycles. The summed E-state index contributed by atoms with van der Waals surface area (Å²) in [7, 11) is 0. The normalized spacial score (nSPS) is 11.9. The SMILES string of the molecule is CCCCCCOCn1c2ccc(/C(C)=N/OC(C)=O)cc2c2cc([N+](=O)[O-])ccc21. The number of unbranched alkanes of at least 4 members (excludes halogenated alkanes) is 3. The van der Waals surface area contributed by atoms with Crippen LogP contribution in [-0.4, -0.2) is 27.8 Å². The fourth-order valence-corrected chi connectivity index (χ4v) is 3.54. The second-order valence-electron chi connectivity index (χ2n) is 7.48. The highest BCUT2D eigenvalue weighted by Crippen LogP contribution is 2.32. The van der Waals surface area contributed by atoms with Gasteiger partial charge in [0, 0.05) is 36.4 Å². The molecule has 0 amide bonds. The minimum absolute atomic E-state index is 0.0303. The monoisotopic (exact) mass is 425 g/mol. The van der Waals surface area contributed by atoms with E-state index in [0.717, 1.165) is 40.2 Å². The summed E-state index contributed by atoms with van der Waals surface area (Å²) in [5.74, 6) is -0.497. The molecule has 3 aromatic rings. The maximum absolute atomic E-state index is 11.3. The van der Waals surface area contributed by atoms with Crippen LogP contribution in [0.3, 0.4) is 0 Å². The molecule has 0 radical (unpaired) electrons. The van der Waals surface area contributed by atoms with Gasteiger partial charge in [-0.3, -0.25) is 10.1 Å². The lowest BCUT2D eigenvalue weighted by molar-refractivity contribution is -0.384. The third-order valence-electron chi connectivity index (χ3n) is 5.15.